The molecule has 1 aromatic heterocycles. The molecule has 0 aromatic carbocycles. The third-order valence-corrected chi connectivity index (χ3v) is 3.82. The Bertz CT molecular complexity index is 385. The predicted octanol–water partition coefficient (Wildman–Crippen LogP) is 1.46. The van der Waals surface area contributed by atoms with Crippen molar-refractivity contribution in [2.24, 2.45) is 5.73 Å². The fourth-order valence-corrected chi connectivity index (χ4v) is 2.62. The topological polar surface area (TPSA) is 71.5 Å². The van der Waals surface area contributed by atoms with Crippen LogP contribution in [0.5, 0.6) is 0 Å². The zero-order valence-electron chi connectivity index (χ0n) is 12.3. The maximum Gasteiger partial charge on any atom is 0.200 e. The summed E-state index contributed by atoms with van der Waals surface area (Å²) in [5.74, 6) is 0. The molecule has 2 N–H and O–H groups in total. The van der Waals surface area contributed by atoms with E-state index in [1.54, 1.807) is 26.7 Å². The summed E-state index contributed by atoms with van der Waals surface area (Å²) in [6.45, 7) is 1.42. The lowest BCUT2D eigenvalue weighted by atomic mass is 9.94. The Labute approximate surface area is 120 Å². The van der Waals surface area contributed by atoms with Crippen LogP contribution in [0, 0.1) is 0 Å². The number of hydrogen-bond acceptors (Lipinski definition) is 5. The Hall–Kier alpha value is -0.950. The van der Waals surface area contributed by atoms with E-state index in [1.807, 2.05) is 4.57 Å². The van der Waals surface area contributed by atoms with Crippen LogP contribution in [-0.4, -0.2) is 42.5 Å². The second kappa shape index (κ2) is 7.73. The van der Waals surface area contributed by atoms with Gasteiger partial charge in [-0.1, -0.05) is 0 Å². The SMILES string of the molecule is COC(OC)c1cncn1CCOC1CCC(N)CC1. The summed E-state index contributed by atoms with van der Waals surface area (Å²) >= 11 is 0. The molecule has 20 heavy (non-hydrogen) atoms. The van der Waals surface area contributed by atoms with Gasteiger partial charge in [0.2, 0.25) is 0 Å². The van der Waals surface area contributed by atoms with E-state index in [2.05, 4.69) is 4.98 Å². The van der Waals surface area contributed by atoms with Crippen molar-refractivity contribution < 1.29 is 14.2 Å². The minimum Gasteiger partial charge on any atom is -0.376 e. The molecule has 0 amide bonds. The summed E-state index contributed by atoms with van der Waals surface area (Å²) in [5.41, 5.74) is 6.80. The van der Waals surface area contributed by atoms with Gasteiger partial charge in [0.25, 0.3) is 0 Å². The third-order valence-electron chi connectivity index (χ3n) is 3.82. The molecule has 1 aliphatic rings. The van der Waals surface area contributed by atoms with E-state index < -0.39 is 0 Å². The monoisotopic (exact) mass is 283 g/mol. The minimum absolute atomic E-state index is 0.349. The van der Waals surface area contributed by atoms with Crippen molar-refractivity contribution in [2.75, 3.05) is 20.8 Å². The smallest absolute Gasteiger partial charge is 0.200 e. The van der Waals surface area contributed by atoms with Crippen molar-refractivity contribution in [3.63, 3.8) is 0 Å². The average Bonchev–Trinajstić information content (AvgIpc) is 2.91. The summed E-state index contributed by atoms with van der Waals surface area (Å²) < 4.78 is 18.4. The maximum absolute atomic E-state index is 5.92. The fraction of sp³-hybridized carbons (Fsp3) is 0.786. The highest BCUT2D eigenvalue weighted by Crippen LogP contribution is 2.20. The van der Waals surface area contributed by atoms with Gasteiger partial charge in [0, 0.05) is 26.8 Å². The standard InChI is InChI=1S/C14H25N3O3/c1-18-14(19-2)13-9-16-10-17(13)7-8-20-12-5-3-11(15)4-6-12/h9-12,14H,3-8,15H2,1-2H3. The van der Waals surface area contributed by atoms with Gasteiger partial charge in [-0.3, -0.25) is 0 Å². The molecule has 6 nitrogen and oxygen atoms in total. The molecular weight excluding hydrogens is 258 g/mol. The molecule has 0 aliphatic heterocycles. The molecule has 6 heteroatoms. The second-order valence-corrected chi connectivity index (χ2v) is 5.22. The number of imidazole rings is 1. The summed E-state index contributed by atoms with van der Waals surface area (Å²) in [4.78, 5) is 4.15. The van der Waals surface area contributed by atoms with E-state index in [9.17, 15) is 0 Å². The van der Waals surface area contributed by atoms with E-state index >= 15 is 0 Å². The number of nitrogens with two attached hydrogens (primary N) is 1. The van der Waals surface area contributed by atoms with Crippen LogP contribution in [0.25, 0.3) is 0 Å². The van der Waals surface area contributed by atoms with Crippen LogP contribution in [-0.2, 0) is 20.8 Å². The molecule has 0 spiro atoms. The molecule has 1 fully saturated rings. The normalized spacial score (nSPS) is 23.4. The highest BCUT2D eigenvalue weighted by molar-refractivity contribution is 5.00. The molecule has 2 rings (SSSR count). The molecule has 114 valence electrons. The van der Waals surface area contributed by atoms with Crippen LogP contribution in [0.2, 0.25) is 0 Å². The number of aromatic nitrogens is 2. The Morgan fingerprint density at radius 3 is 2.65 bits per heavy atom. The van der Waals surface area contributed by atoms with Gasteiger partial charge in [-0.25, -0.2) is 4.98 Å². The first-order valence-corrected chi connectivity index (χ1v) is 7.17. The summed E-state index contributed by atoms with van der Waals surface area (Å²) in [6.07, 6.45) is 7.77. The molecular formula is C14H25N3O3. The highest BCUT2D eigenvalue weighted by atomic mass is 16.7. The second-order valence-electron chi connectivity index (χ2n) is 5.22. The quantitative estimate of drug-likeness (QED) is 0.767. The number of methoxy groups -OCH3 is 2. The van der Waals surface area contributed by atoms with Gasteiger partial charge in [0.1, 0.15) is 0 Å². The van der Waals surface area contributed by atoms with E-state index in [0.29, 0.717) is 18.8 Å². The van der Waals surface area contributed by atoms with Crippen LogP contribution in [0.3, 0.4) is 0 Å². The van der Waals surface area contributed by atoms with Gasteiger partial charge < -0.3 is 24.5 Å². The lowest BCUT2D eigenvalue weighted by Crippen LogP contribution is -2.30. The maximum atomic E-state index is 5.92. The van der Waals surface area contributed by atoms with Gasteiger partial charge in [-0.05, 0) is 25.7 Å². The molecule has 1 saturated carbocycles. The zero-order chi connectivity index (χ0) is 14.4. The largest absolute Gasteiger partial charge is 0.376 e. The Morgan fingerprint density at radius 1 is 1.30 bits per heavy atom. The first-order chi connectivity index (χ1) is 9.74. The summed E-state index contributed by atoms with van der Waals surface area (Å²) in [6, 6.07) is 0.360. The average molecular weight is 283 g/mol. The first kappa shape index (κ1) is 15.4. The van der Waals surface area contributed by atoms with Crippen LogP contribution < -0.4 is 5.73 Å². The van der Waals surface area contributed by atoms with Gasteiger partial charge in [-0.2, -0.15) is 0 Å². The molecule has 0 unspecified atom stereocenters. The van der Waals surface area contributed by atoms with Crippen molar-refractivity contribution in [1.29, 1.82) is 0 Å². The minimum atomic E-state index is -0.384. The molecule has 0 bridgehead atoms. The lowest BCUT2D eigenvalue weighted by molar-refractivity contribution is -0.111. The number of rotatable bonds is 7. The van der Waals surface area contributed by atoms with Crippen molar-refractivity contribution in [3.05, 3.63) is 18.2 Å². The zero-order valence-corrected chi connectivity index (χ0v) is 12.3. The van der Waals surface area contributed by atoms with Crippen LogP contribution >= 0.6 is 0 Å². The molecule has 0 radical (unpaired) electrons. The van der Waals surface area contributed by atoms with Crippen molar-refractivity contribution in [2.45, 2.75) is 50.7 Å². The van der Waals surface area contributed by atoms with Crippen molar-refractivity contribution >= 4 is 0 Å². The van der Waals surface area contributed by atoms with Gasteiger partial charge in [0.05, 0.1) is 30.9 Å². The van der Waals surface area contributed by atoms with Crippen LogP contribution in [0.1, 0.15) is 37.7 Å². The predicted molar refractivity (Wildman–Crippen MR) is 75.2 cm³/mol. The fourth-order valence-electron chi connectivity index (χ4n) is 2.62. The highest BCUT2D eigenvalue weighted by Gasteiger charge is 2.19. The van der Waals surface area contributed by atoms with Gasteiger partial charge in [0.15, 0.2) is 6.29 Å². The summed E-state index contributed by atoms with van der Waals surface area (Å²) in [7, 11) is 3.24. The Morgan fingerprint density at radius 2 is 2.00 bits per heavy atom. The van der Waals surface area contributed by atoms with Gasteiger partial charge in [-0.15, -0.1) is 0 Å². The molecule has 1 aromatic rings. The van der Waals surface area contributed by atoms with Gasteiger partial charge >= 0.3 is 0 Å². The molecule has 1 aliphatic carbocycles. The van der Waals surface area contributed by atoms with E-state index in [-0.39, 0.29) is 6.29 Å². The van der Waals surface area contributed by atoms with E-state index in [1.165, 1.54) is 0 Å². The van der Waals surface area contributed by atoms with Crippen LogP contribution in [0.4, 0.5) is 0 Å². The Balaban J connectivity index is 1.78. The van der Waals surface area contributed by atoms with Crippen LogP contribution in [0.15, 0.2) is 12.5 Å². The van der Waals surface area contributed by atoms with Crippen molar-refractivity contribution in [3.8, 4) is 0 Å². The number of nitrogens with zero attached hydrogens (tertiary/aromatic N) is 2. The molecule has 0 atom stereocenters. The van der Waals surface area contributed by atoms with E-state index in [4.69, 9.17) is 19.9 Å². The summed E-state index contributed by atoms with van der Waals surface area (Å²) in [5, 5.41) is 0. The van der Waals surface area contributed by atoms with Crippen molar-refractivity contribution in [1.82, 2.24) is 9.55 Å². The number of hydrogen-bond donors (Lipinski definition) is 1. The Kier molecular flexibility index (Phi) is 5.97. The lowest BCUT2D eigenvalue weighted by Gasteiger charge is -2.26. The third kappa shape index (κ3) is 4.02. The number of ether oxygens (including phenoxy) is 3. The molecule has 1 heterocycles. The first-order valence-electron chi connectivity index (χ1n) is 7.17. The molecule has 0 saturated heterocycles. The van der Waals surface area contributed by atoms with E-state index in [0.717, 1.165) is 37.9 Å².